The van der Waals surface area contributed by atoms with Crippen molar-refractivity contribution in [1.82, 2.24) is 15.0 Å². The van der Waals surface area contributed by atoms with E-state index in [0.717, 1.165) is 11.3 Å². The molecule has 3 aromatic rings. The zero-order chi connectivity index (χ0) is 13.2. The van der Waals surface area contributed by atoms with Crippen LogP contribution in [-0.2, 0) is 0 Å². The van der Waals surface area contributed by atoms with E-state index in [-0.39, 0.29) is 5.56 Å². The lowest BCUT2D eigenvalue weighted by Crippen LogP contribution is -2.06. The van der Waals surface area contributed by atoms with Crippen molar-refractivity contribution in [2.24, 2.45) is 0 Å². The second-order valence-corrected chi connectivity index (χ2v) is 4.02. The number of aromatic amines is 1. The zero-order valence-electron chi connectivity index (χ0n) is 10.3. The lowest BCUT2D eigenvalue weighted by atomic mass is 10.1. The maximum absolute atomic E-state index is 11.8. The molecular weight excluding hydrogens is 242 g/mol. The number of pyridine rings is 1. The molecule has 2 heterocycles. The van der Waals surface area contributed by atoms with Crippen LogP contribution in [-0.4, -0.2) is 22.1 Å². The number of H-pyrrole nitrogens is 1. The largest absolute Gasteiger partial charge is 0.496 e. The van der Waals surface area contributed by atoms with Gasteiger partial charge in [-0.25, -0.2) is 4.98 Å². The van der Waals surface area contributed by atoms with Gasteiger partial charge >= 0.3 is 0 Å². The summed E-state index contributed by atoms with van der Waals surface area (Å²) in [5, 5.41) is 0.518. The molecule has 0 amide bonds. The molecule has 0 aliphatic heterocycles. The van der Waals surface area contributed by atoms with E-state index in [1.165, 1.54) is 6.33 Å². The topological polar surface area (TPSA) is 67.9 Å². The first-order valence-electron chi connectivity index (χ1n) is 5.76. The first-order chi connectivity index (χ1) is 9.29. The van der Waals surface area contributed by atoms with Gasteiger partial charge in [0, 0.05) is 17.8 Å². The predicted molar refractivity (Wildman–Crippen MR) is 72.1 cm³/mol. The van der Waals surface area contributed by atoms with Gasteiger partial charge in [-0.15, -0.1) is 0 Å². The van der Waals surface area contributed by atoms with Gasteiger partial charge in [0.05, 0.1) is 30.0 Å². The van der Waals surface area contributed by atoms with Gasteiger partial charge in [-0.3, -0.25) is 9.78 Å². The van der Waals surface area contributed by atoms with E-state index in [0.29, 0.717) is 16.7 Å². The normalized spacial score (nSPS) is 10.6. The summed E-state index contributed by atoms with van der Waals surface area (Å²) in [5.74, 6) is 0.643. The second-order valence-electron chi connectivity index (χ2n) is 4.02. The Balaban J connectivity index is 2.35. The molecule has 0 saturated carbocycles. The zero-order valence-corrected chi connectivity index (χ0v) is 10.3. The Morgan fingerprint density at radius 1 is 1.21 bits per heavy atom. The highest BCUT2D eigenvalue weighted by Crippen LogP contribution is 2.30. The van der Waals surface area contributed by atoms with Crippen molar-refractivity contribution in [3.05, 3.63) is 53.2 Å². The predicted octanol–water partition coefficient (Wildman–Crippen LogP) is 1.99. The molecule has 0 radical (unpaired) electrons. The molecular formula is C14H11N3O2. The molecule has 0 spiro atoms. The maximum atomic E-state index is 11.8. The summed E-state index contributed by atoms with van der Waals surface area (Å²) in [6.07, 6.45) is 3.08. The Labute approximate surface area is 108 Å². The summed E-state index contributed by atoms with van der Waals surface area (Å²) in [7, 11) is 1.58. The number of methoxy groups -OCH3 is 1. The molecule has 0 aliphatic carbocycles. The number of nitrogens with one attached hydrogen (secondary N) is 1. The van der Waals surface area contributed by atoms with Gasteiger partial charge in [0.25, 0.3) is 5.56 Å². The third kappa shape index (κ3) is 1.95. The van der Waals surface area contributed by atoms with Crippen molar-refractivity contribution in [3.63, 3.8) is 0 Å². The molecule has 0 aliphatic rings. The summed E-state index contributed by atoms with van der Waals surface area (Å²) in [4.78, 5) is 22.8. The van der Waals surface area contributed by atoms with Crippen LogP contribution in [0.1, 0.15) is 0 Å². The van der Waals surface area contributed by atoms with Crippen LogP contribution >= 0.6 is 0 Å². The maximum Gasteiger partial charge on any atom is 0.258 e. The highest BCUT2D eigenvalue weighted by molar-refractivity contribution is 5.86. The first kappa shape index (κ1) is 11.4. The fraction of sp³-hybridized carbons (Fsp3) is 0.0714. The number of ether oxygens (including phenoxy) is 1. The van der Waals surface area contributed by atoms with Crippen LogP contribution in [0, 0.1) is 0 Å². The molecule has 5 heteroatoms. The van der Waals surface area contributed by atoms with Crippen molar-refractivity contribution in [2.75, 3.05) is 7.11 Å². The number of hydrogen-bond donors (Lipinski definition) is 1. The number of rotatable bonds is 2. The molecule has 19 heavy (non-hydrogen) atoms. The monoisotopic (exact) mass is 253 g/mol. The summed E-state index contributed by atoms with van der Waals surface area (Å²) < 4.78 is 5.36. The molecule has 0 fully saturated rings. The van der Waals surface area contributed by atoms with Crippen LogP contribution in [0.4, 0.5) is 0 Å². The van der Waals surface area contributed by atoms with Gasteiger partial charge in [-0.2, -0.15) is 0 Å². The van der Waals surface area contributed by atoms with Crippen molar-refractivity contribution in [3.8, 4) is 17.0 Å². The van der Waals surface area contributed by atoms with Crippen LogP contribution < -0.4 is 10.3 Å². The van der Waals surface area contributed by atoms with E-state index in [1.54, 1.807) is 25.4 Å². The van der Waals surface area contributed by atoms with Crippen LogP contribution in [0.2, 0.25) is 0 Å². The number of fused-ring (bicyclic) bond motifs is 1. The molecule has 0 atom stereocenters. The molecule has 0 bridgehead atoms. The van der Waals surface area contributed by atoms with Gasteiger partial charge in [-0.05, 0) is 18.2 Å². The lowest BCUT2D eigenvalue weighted by molar-refractivity contribution is 0.417. The van der Waals surface area contributed by atoms with E-state index < -0.39 is 0 Å². The molecule has 1 aromatic carbocycles. The molecule has 5 nitrogen and oxygen atoms in total. The molecule has 94 valence electrons. The second kappa shape index (κ2) is 4.53. The average molecular weight is 253 g/mol. The Bertz CT molecular complexity index is 782. The summed E-state index contributed by atoms with van der Waals surface area (Å²) >= 11 is 0. The Morgan fingerprint density at radius 2 is 2.11 bits per heavy atom. The number of benzene rings is 1. The van der Waals surface area contributed by atoms with Gasteiger partial charge < -0.3 is 9.72 Å². The minimum Gasteiger partial charge on any atom is -0.496 e. The summed E-state index contributed by atoms with van der Waals surface area (Å²) in [5.41, 5.74) is 1.95. The summed E-state index contributed by atoms with van der Waals surface area (Å²) in [6, 6.07) is 9.09. The van der Waals surface area contributed by atoms with Crippen molar-refractivity contribution >= 4 is 10.9 Å². The van der Waals surface area contributed by atoms with Crippen molar-refractivity contribution < 1.29 is 4.74 Å². The van der Waals surface area contributed by atoms with Gasteiger partial charge in [-0.1, -0.05) is 6.07 Å². The van der Waals surface area contributed by atoms with Crippen molar-refractivity contribution in [1.29, 1.82) is 0 Å². The van der Waals surface area contributed by atoms with E-state index in [1.807, 2.05) is 18.2 Å². The van der Waals surface area contributed by atoms with Crippen LogP contribution in [0.3, 0.4) is 0 Å². The minimum atomic E-state index is -0.176. The van der Waals surface area contributed by atoms with Crippen LogP contribution in [0.25, 0.3) is 22.2 Å². The molecule has 0 saturated heterocycles. The highest BCUT2D eigenvalue weighted by Gasteiger charge is 2.11. The summed E-state index contributed by atoms with van der Waals surface area (Å²) in [6.45, 7) is 0. The van der Waals surface area contributed by atoms with Crippen molar-refractivity contribution in [2.45, 2.75) is 0 Å². The Hall–Kier alpha value is -2.69. The number of aromatic nitrogens is 3. The first-order valence-corrected chi connectivity index (χ1v) is 5.76. The van der Waals surface area contributed by atoms with E-state index in [4.69, 9.17) is 4.74 Å². The van der Waals surface area contributed by atoms with E-state index in [9.17, 15) is 4.79 Å². The lowest BCUT2D eigenvalue weighted by Gasteiger charge is -2.09. The smallest absolute Gasteiger partial charge is 0.258 e. The van der Waals surface area contributed by atoms with Gasteiger partial charge in [0.15, 0.2) is 0 Å². The fourth-order valence-electron chi connectivity index (χ4n) is 1.99. The van der Waals surface area contributed by atoms with Gasteiger partial charge in [0.2, 0.25) is 0 Å². The van der Waals surface area contributed by atoms with Crippen LogP contribution in [0.15, 0.2) is 47.7 Å². The third-order valence-electron chi connectivity index (χ3n) is 2.90. The van der Waals surface area contributed by atoms with Gasteiger partial charge in [0.1, 0.15) is 5.75 Å². The molecule has 3 rings (SSSR count). The number of hydrogen-bond acceptors (Lipinski definition) is 4. The standard InChI is InChI=1S/C14H11N3O2/c1-19-13-7-12-10(14(18)17-8-16-12)6-9(13)11-4-2-3-5-15-11/h2-8H,1H3,(H,16,17,18). The Morgan fingerprint density at radius 3 is 2.84 bits per heavy atom. The van der Waals surface area contributed by atoms with E-state index in [2.05, 4.69) is 15.0 Å². The highest BCUT2D eigenvalue weighted by atomic mass is 16.5. The molecule has 2 aromatic heterocycles. The average Bonchev–Trinajstić information content (AvgIpc) is 2.47. The third-order valence-corrected chi connectivity index (χ3v) is 2.90. The quantitative estimate of drug-likeness (QED) is 0.758. The number of nitrogens with zero attached hydrogens (tertiary/aromatic N) is 2. The minimum absolute atomic E-state index is 0.176. The fourth-order valence-corrected chi connectivity index (χ4v) is 1.99. The molecule has 0 unspecified atom stereocenters. The molecule has 1 N–H and O–H groups in total. The van der Waals surface area contributed by atoms with Crippen LogP contribution in [0.5, 0.6) is 5.75 Å². The Kier molecular flexibility index (Phi) is 2.72. The van der Waals surface area contributed by atoms with E-state index >= 15 is 0 Å². The SMILES string of the molecule is COc1cc2nc[nH]c(=O)c2cc1-c1ccccn1.